The van der Waals surface area contributed by atoms with Crippen LogP contribution in [0.15, 0.2) is 0 Å². The second-order valence-corrected chi connectivity index (χ2v) is 5.73. The van der Waals surface area contributed by atoms with Crippen LogP contribution < -0.4 is 0 Å². The summed E-state index contributed by atoms with van der Waals surface area (Å²) in [7, 11) is 0. The van der Waals surface area contributed by atoms with Gasteiger partial charge in [-0.2, -0.15) is 0 Å². The average molecular weight is 199 g/mol. The van der Waals surface area contributed by atoms with Crippen LogP contribution in [0.5, 0.6) is 0 Å². The van der Waals surface area contributed by atoms with Gasteiger partial charge in [0.25, 0.3) is 0 Å². The van der Waals surface area contributed by atoms with E-state index in [9.17, 15) is 0 Å². The quantitative estimate of drug-likeness (QED) is 0.736. The van der Waals surface area contributed by atoms with Gasteiger partial charge in [-0.1, -0.05) is 20.8 Å². The summed E-state index contributed by atoms with van der Waals surface area (Å²) in [5, 5.41) is 9.13. The minimum atomic E-state index is 0.289. The van der Waals surface area contributed by atoms with Gasteiger partial charge in [-0.25, -0.2) is 0 Å². The lowest BCUT2D eigenvalue weighted by molar-refractivity contribution is 0.0511. The van der Waals surface area contributed by atoms with Crippen LogP contribution in [-0.4, -0.2) is 35.7 Å². The van der Waals surface area contributed by atoms with Gasteiger partial charge < -0.3 is 5.11 Å². The van der Waals surface area contributed by atoms with E-state index in [1.807, 2.05) is 0 Å². The van der Waals surface area contributed by atoms with Gasteiger partial charge in [-0.3, -0.25) is 4.90 Å². The second-order valence-electron chi connectivity index (χ2n) is 5.73. The van der Waals surface area contributed by atoms with E-state index in [1.54, 1.807) is 0 Å². The van der Waals surface area contributed by atoms with E-state index in [0.29, 0.717) is 11.5 Å². The van der Waals surface area contributed by atoms with Crippen LogP contribution in [0.25, 0.3) is 0 Å². The van der Waals surface area contributed by atoms with Crippen molar-refractivity contribution in [1.82, 2.24) is 4.90 Å². The highest BCUT2D eigenvalue weighted by Gasteiger charge is 2.30. The van der Waals surface area contributed by atoms with Crippen molar-refractivity contribution in [3.63, 3.8) is 0 Å². The molecule has 84 valence electrons. The van der Waals surface area contributed by atoms with Gasteiger partial charge in [0.15, 0.2) is 0 Å². The molecule has 1 rings (SSSR count). The van der Waals surface area contributed by atoms with Gasteiger partial charge in [-0.05, 0) is 37.6 Å². The minimum absolute atomic E-state index is 0.289. The highest BCUT2D eigenvalue weighted by molar-refractivity contribution is 4.83. The van der Waals surface area contributed by atoms with E-state index in [1.165, 1.54) is 12.8 Å². The molecule has 0 aromatic heterocycles. The van der Waals surface area contributed by atoms with Crippen molar-refractivity contribution < 1.29 is 5.11 Å². The molecule has 0 radical (unpaired) electrons. The fraction of sp³-hybridized carbons (Fsp3) is 1.00. The Balaban J connectivity index is 2.52. The number of aliphatic hydroxyl groups is 1. The molecular weight excluding hydrogens is 174 g/mol. The van der Waals surface area contributed by atoms with Crippen molar-refractivity contribution in [2.24, 2.45) is 11.3 Å². The normalized spacial score (nSPS) is 27.6. The zero-order valence-electron chi connectivity index (χ0n) is 10.1. The molecule has 14 heavy (non-hydrogen) atoms. The predicted octanol–water partition coefficient (Wildman–Crippen LogP) is 2.13. The lowest BCUT2D eigenvalue weighted by atomic mass is 9.76. The van der Waals surface area contributed by atoms with Crippen molar-refractivity contribution in [2.45, 2.75) is 46.6 Å². The maximum Gasteiger partial charge on any atom is 0.0584 e. The molecule has 1 N–H and O–H groups in total. The summed E-state index contributed by atoms with van der Waals surface area (Å²) < 4.78 is 0. The van der Waals surface area contributed by atoms with E-state index in [0.717, 1.165) is 19.0 Å². The summed E-state index contributed by atoms with van der Waals surface area (Å²) in [5.74, 6) is 0.783. The van der Waals surface area contributed by atoms with Crippen LogP contribution >= 0.6 is 0 Å². The zero-order valence-corrected chi connectivity index (χ0v) is 10.1. The monoisotopic (exact) mass is 199 g/mol. The van der Waals surface area contributed by atoms with Gasteiger partial charge in [0.2, 0.25) is 0 Å². The zero-order chi connectivity index (χ0) is 10.8. The van der Waals surface area contributed by atoms with E-state index < -0.39 is 0 Å². The van der Waals surface area contributed by atoms with Crippen molar-refractivity contribution >= 4 is 0 Å². The SMILES string of the molecule is CC(CO)N1CCCC(C(C)(C)C)C1. The molecule has 2 heteroatoms. The lowest BCUT2D eigenvalue weighted by Gasteiger charge is -2.41. The lowest BCUT2D eigenvalue weighted by Crippen LogP contribution is -2.46. The van der Waals surface area contributed by atoms with E-state index >= 15 is 0 Å². The minimum Gasteiger partial charge on any atom is -0.395 e. The predicted molar refractivity (Wildman–Crippen MR) is 60.3 cm³/mol. The smallest absolute Gasteiger partial charge is 0.0584 e. The largest absolute Gasteiger partial charge is 0.395 e. The summed E-state index contributed by atoms with van der Waals surface area (Å²) in [6.45, 7) is 11.7. The molecule has 0 aliphatic carbocycles. The van der Waals surface area contributed by atoms with Crippen LogP contribution in [0.2, 0.25) is 0 Å². The Labute approximate surface area is 88.3 Å². The molecule has 1 heterocycles. The highest BCUT2D eigenvalue weighted by Crippen LogP contribution is 2.33. The van der Waals surface area contributed by atoms with Gasteiger partial charge >= 0.3 is 0 Å². The molecule has 0 spiro atoms. The number of rotatable bonds is 2. The summed E-state index contributed by atoms with van der Waals surface area (Å²) in [6.07, 6.45) is 2.63. The summed E-state index contributed by atoms with van der Waals surface area (Å²) in [4.78, 5) is 2.43. The van der Waals surface area contributed by atoms with Crippen molar-refractivity contribution in [3.05, 3.63) is 0 Å². The van der Waals surface area contributed by atoms with Gasteiger partial charge in [0.1, 0.15) is 0 Å². The molecule has 2 atom stereocenters. The van der Waals surface area contributed by atoms with Crippen LogP contribution in [0.4, 0.5) is 0 Å². The molecule has 1 aliphatic rings. The Morgan fingerprint density at radius 2 is 2.07 bits per heavy atom. The molecule has 0 aromatic carbocycles. The molecule has 0 amide bonds. The molecule has 1 saturated heterocycles. The van der Waals surface area contributed by atoms with Gasteiger partial charge in [0, 0.05) is 12.6 Å². The second kappa shape index (κ2) is 4.63. The fourth-order valence-corrected chi connectivity index (χ4v) is 2.23. The molecule has 1 aliphatic heterocycles. The topological polar surface area (TPSA) is 23.5 Å². The van der Waals surface area contributed by atoms with Crippen molar-refractivity contribution in [1.29, 1.82) is 0 Å². The molecule has 2 unspecified atom stereocenters. The molecule has 1 fully saturated rings. The third kappa shape index (κ3) is 2.96. The molecule has 0 bridgehead atoms. The molecule has 0 aromatic rings. The van der Waals surface area contributed by atoms with Gasteiger partial charge in [0.05, 0.1) is 6.61 Å². The third-order valence-corrected chi connectivity index (χ3v) is 3.57. The Bertz CT molecular complexity index is 174. The number of hydrogen-bond donors (Lipinski definition) is 1. The average Bonchev–Trinajstić information content (AvgIpc) is 2.15. The Morgan fingerprint density at radius 3 is 2.57 bits per heavy atom. The van der Waals surface area contributed by atoms with Crippen LogP contribution in [0, 0.1) is 11.3 Å². The first kappa shape index (κ1) is 12.0. The van der Waals surface area contributed by atoms with Crippen LogP contribution in [-0.2, 0) is 0 Å². The number of likely N-dealkylation sites (tertiary alicyclic amines) is 1. The first-order valence-electron chi connectivity index (χ1n) is 5.80. The van der Waals surface area contributed by atoms with Crippen LogP contribution in [0.3, 0.4) is 0 Å². The van der Waals surface area contributed by atoms with Crippen molar-refractivity contribution in [3.8, 4) is 0 Å². The first-order chi connectivity index (χ1) is 6.45. The Kier molecular flexibility index (Phi) is 3.96. The van der Waals surface area contributed by atoms with Gasteiger partial charge in [-0.15, -0.1) is 0 Å². The molecule has 2 nitrogen and oxygen atoms in total. The maximum absolute atomic E-state index is 9.13. The van der Waals surface area contributed by atoms with E-state index in [2.05, 4.69) is 32.6 Å². The number of aliphatic hydroxyl groups excluding tert-OH is 1. The summed E-state index contributed by atoms with van der Waals surface area (Å²) in [6, 6.07) is 0.333. The van der Waals surface area contributed by atoms with Crippen LogP contribution in [0.1, 0.15) is 40.5 Å². The first-order valence-corrected chi connectivity index (χ1v) is 5.80. The summed E-state index contributed by atoms with van der Waals surface area (Å²) in [5.41, 5.74) is 0.411. The number of piperidine rings is 1. The Morgan fingerprint density at radius 1 is 1.43 bits per heavy atom. The Hall–Kier alpha value is -0.0800. The fourth-order valence-electron chi connectivity index (χ4n) is 2.23. The summed E-state index contributed by atoms with van der Waals surface area (Å²) >= 11 is 0. The standard InChI is InChI=1S/C12H25NO/c1-10(9-14)13-7-5-6-11(8-13)12(2,3)4/h10-11,14H,5-9H2,1-4H3. The highest BCUT2D eigenvalue weighted by atomic mass is 16.3. The van der Waals surface area contributed by atoms with E-state index in [4.69, 9.17) is 5.11 Å². The number of nitrogens with zero attached hydrogens (tertiary/aromatic N) is 1. The van der Waals surface area contributed by atoms with E-state index in [-0.39, 0.29) is 6.61 Å². The van der Waals surface area contributed by atoms with Crippen molar-refractivity contribution in [2.75, 3.05) is 19.7 Å². The number of hydrogen-bond acceptors (Lipinski definition) is 2. The molecule has 0 saturated carbocycles. The molecular formula is C12H25NO. The third-order valence-electron chi connectivity index (χ3n) is 3.57. The maximum atomic E-state index is 9.13.